The fourth-order valence-electron chi connectivity index (χ4n) is 1.85. The molecule has 1 aromatic heterocycles. The van der Waals surface area contributed by atoms with Crippen LogP contribution < -0.4 is 11.3 Å². The maximum atomic E-state index is 12.2. The molecule has 0 bridgehead atoms. The molecule has 0 spiro atoms. The molecule has 90 valence electrons. The maximum absolute atomic E-state index is 12.2. The highest BCUT2D eigenvalue weighted by Gasteiger charge is 2.06. The summed E-state index contributed by atoms with van der Waals surface area (Å²) in [6.07, 6.45) is 0. The summed E-state index contributed by atoms with van der Waals surface area (Å²) < 4.78 is 1.63. The van der Waals surface area contributed by atoms with Gasteiger partial charge in [-0.15, -0.1) is 0 Å². The molecule has 0 unspecified atom stereocenters. The van der Waals surface area contributed by atoms with Gasteiger partial charge in [-0.2, -0.15) is 0 Å². The Morgan fingerprint density at radius 3 is 2.71 bits per heavy atom. The topological polar surface area (TPSA) is 51.3 Å². The second-order valence-corrected chi connectivity index (χ2v) is 4.42. The quantitative estimate of drug-likeness (QED) is 0.862. The van der Waals surface area contributed by atoms with E-state index in [1.54, 1.807) is 4.57 Å². The van der Waals surface area contributed by atoms with Crippen molar-refractivity contribution in [3.05, 3.63) is 40.7 Å². The molecule has 0 saturated carbocycles. The van der Waals surface area contributed by atoms with Gasteiger partial charge in [0, 0.05) is 18.5 Å². The van der Waals surface area contributed by atoms with Crippen molar-refractivity contribution in [3.63, 3.8) is 0 Å². The molecule has 17 heavy (non-hydrogen) atoms. The van der Waals surface area contributed by atoms with Gasteiger partial charge < -0.3 is 10.6 Å². The number of hydrogen-bond donors (Lipinski definition) is 1. The van der Waals surface area contributed by atoms with E-state index in [1.807, 2.05) is 49.3 Å². The van der Waals surface area contributed by atoms with Crippen LogP contribution in [0.25, 0.3) is 10.8 Å². The average molecular weight is 231 g/mol. The van der Waals surface area contributed by atoms with Crippen LogP contribution in [-0.2, 0) is 6.54 Å². The lowest BCUT2D eigenvalue weighted by atomic mass is 10.1. The van der Waals surface area contributed by atoms with Crippen molar-refractivity contribution in [2.45, 2.75) is 6.54 Å². The SMILES string of the molecule is CN(C)CCn1c(N)cc2ccccc2c1=O. The summed E-state index contributed by atoms with van der Waals surface area (Å²) in [5.74, 6) is 0.524. The Morgan fingerprint density at radius 2 is 2.00 bits per heavy atom. The molecule has 0 fully saturated rings. The smallest absolute Gasteiger partial charge is 0.260 e. The van der Waals surface area contributed by atoms with Crippen molar-refractivity contribution in [3.8, 4) is 0 Å². The van der Waals surface area contributed by atoms with Gasteiger partial charge >= 0.3 is 0 Å². The van der Waals surface area contributed by atoms with E-state index in [1.165, 1.54) is 0 Å². The second-order valence-electron chi connectivity index (χ2n) is 4.42. The van der Waals surface area contributed by atoms with E-state index in [2.05, 4.69) is 0 Å². The molecule has 1 heterocycles. The monoisotopic (exact) mass is 231 g/mol. The van der Waals surface area contributed by atoms with E-state index in [4.69, 9.17) is 5.73 Å². The first-order valence-corrected chi connectivity index (χ1v) is 5.62. The van der Waals surface area contributed by atoms with Crippen molar-refractivity contribution >= 4 is 16.6 Å². The highest BCUT2D eigenvalue weighted by Crippen LogP contribution is 2.12. The number of pyridine rings is 1. The number of anilines is 1. The fraction of sp³-hybridized carbons (Fsp3) is 0.308. The van der Waals surface area contributed by atoms with E-state index in [9.17, 15) is 4.79 Å². The molecule has 4 heteroatoms. The molecule has 2 N–H and O–H groups in total. The third-order valence-electron chi connectivity index (χ3n) is 2.82. The van der Waals surface area contributed by atoms with E-state index < -0.39 is 0 Å². The van der Waals surface area contributed by atoms with Crippen LogP contribution in [-0.4, -0.2) is 30.1 Å². The Balaban J connectivity index is 2.52. The zero-order valence-corrected chi connectivity index (χ0v) is 10.2. The lowest BCUT2D eigenvalue weighted by molar-refractivity contribution is 0.383. The standard InChI is InChI=1S/C13H17N3O/c1-15(2)7-8-16-12(14)9-10-5-3-4-6-11(10)13(16)17/h3-6,9H,7-8,14H2,1-2H3. The first kappa shape index (κ1) is 11.7. The Hall–Kier alpha value is -1.81. The molecule has 1 aromatic carbocycles. The zero-order valence-electron chi connectivity index (χ0n) is 10.2. The van der Waals surface area contributed by atoms with Gasteiger partial charge in [-0.05, 0) is 31.6 Å². The third-order valence-corrected chi connectivity index (χ3v) is 2.82. The van der Waals surface area contributed by atoms with Gasteiger partial charge in [-0.25, -0.2) is 0 Å². The number of hydrogen-bond acceptors (Lipinski definition) is 3. The van der Waals surface area contributed by atoms with Gasteiger partial charge in [0.1, 0.15) is 5.82 Å². The summed E-state index contributed by atoms with van der Waals surface area (Å²) >= 11 is 0. The van der Waals surface area contributed by atoms with Gasteiger partial charge in [0.25, 0.3) is 5.56 Å². The largest absolute Gasteiger partial charge is 0.385 e. The molecule has 0 aliphatic rings. The molecule has 2 rings (SSSR count). The second kappa shape index (κ2) is 4.59. The molecule has 0 saturated heterocycles. The van der Waals surface area contributed by atoms with Crippen molar-refractivity contribution in [2.75, 3.05) is 26.4 Å². The number of rotatable bonds is 3. The van der Waals surface area contributed by atoms with Crippen LogP contribution in [0.1, 0.15) is 0 Å². The molecule has 0 aliphatic carbocycles. The predicted molar refractivity (Wildman–Crippen MR) is 71.2 cm³/mol. The Bertz CT molecular complexity index is 587. The zero-order chi connectivity index (χ0) is 12.4. The maximum Gasteiger partial charge on any atom is 0.260 e. The van der Waals surface area contributed by atoms with E-state index in [0.29, 0.717) is 12.4 Å². The van der Waals surface area contributed by atoms with Gasteiger partial charge in [0.2, 0.25) is 0 Å². The summed E-state index contributed by atoms with van der Waals surface area (Å²) in [4.78, 5) is 14.3. The van der Waals surface area contributed by atoms with Gasteiger partial charge in [-0.3, -0.25) is 9.36 Å². The number of benzene rings is 1. The van der Waals surface area contributed by atoms with Crippen molar-refractivity contribution in [2.24, 2.45) is 0 Å². The first-order chi connectivity index (χ1) is 8.09. The van der Waals surface area contributed by atoms with Crippen molar-refractivity contribution in [1.82, 2.24) is 9.47 Å². The van der Waals surface area contributed by atoms with Crippen molar-refractivity contribution < 1.29 is 0 Å². The minimum absolute atomic E-state index is 0.0116. The number of likely N-dealkylation sites (N-methyl/N-ethyl adjacent to an activating group) is 1. The van der Waals surface area contributed by atoms with Crippen LogP contribution in [0.4, 0.5) is 5.82 Å². The molecule has 0 radical (unpaired) electrons. The Morgan fingerprint density at radius 1 is 1.29 bits per heavy atom. The van der Waals surface area contributed by atoms with Crippen LogP contribution in [0.2, 0.25) is 0 Å². The van der Waals surface area contributed by atoms with Crippen LogP contribution in [0, 0.1) is 0 Å². The normalized spacial score (nSPS) is 11.2. The number of nitrogen functional groups attached to an aromatic ring is 1. The van der Waals surface area contributed by atoms with E-state index >= 15 is 0 Å². The van der Waals surface area contributed by atoms with Crippen molar-refractivity contribution in [1.29, 1.82) is 0 Å². The molecule has 2 aromatic rings. The number of nitrogens with zero attached hydrogens (tertiary/aromatic N) is 2. The number of aromatic nitrogens is 1. The van der Waals surface area contributed by atoms with Gasteiger partial charge in [0.15, 0.2) is 0 Å². The summed E-state index contributed by atoms with van der Waals surface area (Å²) in [7, 11) is 3.95. The lowest BCUT2D eigenvalue weighted by Crippen LogP contribution is -2.28. The number of fused-ring (bicyclic) bond motifs is 1. The first-order valence-electron chi connectivity index (χ1n) is 5.62. The third kappa shape index (κ3) is 2.31. The molecule has 0 atom stereocenters. The highest BCUT2D eigenvalue weighted by atomic mass is 16.1. The van der Waals surface area contributed by atoms with Crippen LogP contribution in [0.3, 0.4) is 0 Å². The number of nitrogens with two attached hydrogens (primary N) is 1. The van der Waals surface area contributed by atoms with Crippen LogP contribution >= 0.6 is 0 Å². The summed E-state index contributed by atoms with van der Waals surface area (Å²) in [6, 6.07) is 9.38. The fourth-order valence-corrected chi connectivity index (χ4v) is 1.85. The van der Waals surface area contributed by atoms with Gasteiger partial charge in [0.05, 0.1) is 0 Å². The van der Waals surface area contributed by atoms with Gasteiger partial charge in [-0.1, -0.05) is 18.2 Å². The summed E-state index contributed by atoms with van der Waals surface area (Å²) in [6.45, 7) is 1.41. The van der Waals surface area contributed by atoms with Crippen LogP contribution in [0.5, 0.6) is 0 Å². The minimum Gasteiger partial charge on any atom is -0.385 e. The van der Waals surface area contributed by atoms with E-state index in [0.717, 1.165) is 17.3 Å². The van der Waals surface area contributed by atoms with Crippen LogP contribution in [0.15, 0.2) is 35.1 Å². The van der Waals surface area contributed by atoms with E-state index in [-0.39, 0.29) is 5.56 Å². The summed E-state index contributed by atoms with van der Waals surface area (Å²) in [5.41, 5.74) is 5.91. The summed E-state index contributed by atoms with van der Waals surface area (Å²) in [5, 5.41) is 1.62. The molecule has 0 aliphatic heterocycles. The molecule has 4 nitrogen and oxygen atoms in total. The minimum atomic E-state index is -0.0116. The highest BCUT2D eigenvalue weighted by molar-refractivity contribution is 5.83. The predicted octanol–water partition coefficient (Wildman–Crippen LogP) is 1.15. The Labute approximate surface area is 100 Å². The molecular formula is C13H17N3O. The Kier molecular flexibility index (Phi) is 3.15. The molecule has 0 amide bonds. The molecular weight excluding hydrogens is 214 g/mol. The average Bonchev–Trinajstić information content (AvgIpc) is 2.28. The lowest BCUT2D eigenvalue weighted by Gasteiger charge is -2.14.